The van der Waals surface area contributed by atoms with Gasteiger partial charge in [-0.2, -0.15) is 0 Å². The summed E-state index contributed by atoms with van der Waals surface area (Å²) >= 11 is 3.37. The van der Waals surface area contributed by atoms with Crippen molar-refractivity contribution in [1.82, 2.24) is 4.98 Å². The van der Waals surface area contributed by atoms with Gasteiger partial charge in [-0.25, -0.2) is 22.8 Å². The molecule has 12 heteroatoms. The average molecular weight is 545 g/mol. The van der Waals surface area contributed by atoms with Gasteiger partial charge in [0.05, 0.1) is 15.3 Å². The molecule has 1 aliphatic heterocycles. The summed E-state index contributed by atoms with van der Waals surface area (Å²) in [7, 11) is -3.21. The highest BCUT2D eigenvalue weighted by Gasteiger charge is 2.33. The van der Waals surface area contributed by atoms with E-state index in [0.717, 1.165) is 0 Å². The standard InChI is InChI=1S/C21H23BrF2N4O4S/c1-13-16(22)12-25-18(28-9-4-7-21(23,24)8-10-28)17(13)19(29)26-14-5-3-6-15(11-14)33(2,32)27-20(30)31/h3,5-6,11-12H,4,7-10H2,1-2H3,(H,26,29)(H,30,31). The lowest BCUT2D eigenvalue weighted by Crippen LogP contribution is -2.30. The van der Waals surface area contributed by atoms with Gasteiger partial charge in [-0.15, -0.1) is 4.36 Å². The number of pyridine rings is 1. The number of hydrogen-bond acceptors (Lipinski definition) is 5. The van der Waals surface area contributed by atoms with Crippen LogP contribution >= 0.6 is 15.9 Å². The third kappa shape index (κ3) is 6.05. The van der Waals surface area contributed by atoms with E-state index in [4.69, 9.17) is 5.11 Å². The molecule has 1 fully saturated rings. The fourth-order valence-corrected chi connectivity index (χ4v) is 4.94. The van der Waals surface area contributed by atoms with Crippen LogP contribution in [0.1, 0.15) is 35.2 Å². The van der Waals surface area contributed by atoms with Gasteiger partial charge in [0.25, 0.3) is 5.91 Å². The van der Waals surface area contributed by atoms with Gasteiger partial charge in [-0.3, -0.25) is 4.79 Å². The number of carbonyl (C=O) groups excluding carboxylic acids is 1. The molecule has 3 rings (SSSR count). The maximum atomic E-state index is 13.9. The molecule has 1 atom stereocenters. The predicted molar refractivity (Wildman–Crippen MR) is 125 cm³/mol. The number of halogens is 3. The molecular formula is C21H23BrF2N4O4S. The summed E-state index contributed by atoms with van der Waals surface area (Å²) in [4.78, 5) is 30.3. The van der Waals surface area contributed by atoms with Crippen LogP contribution in [-0.4, -0.2) is 51.6 Å². The van der Waals surface area contributed by atoms with Gasteiger partial charge >= 0.3 is 6.09 Å². The van der Waals surface area contributed by atoms with Gasteiger partial charge in [0.1, 0.15) is 5.82 Å². The van der Waals surface area contributed by atoms with Crippen molar-refractivity contribution in [3.05, 3.63) is 46.1 Å². The molecule has 0 aliphatic carbocycles. The summed E-state index contributed by atoms with van der Waals surface area (Å²) in [6.45, 7) is 2.12. The van der Waals surface area contributed by atoms with Crippen LogP contribution < -0.4 is 10.2 Å². The number of carbonyl (C=O) groups is 2. The minimum absolute atomic E-state index is 0.0609. The van der Waals surface area contributed by atoms with E-state index < -0.39 is 27.7 Å². The molecule has 1 aromatic carbocycles. The van der Waals surface area contributed by atoms with Gasteiger partial charge < -0.3 is 15.3 Å². The minimum atomic E-state index is -3.21. The van der Waals surface area contributed by atoms with E-state index in [1.807, 2.05) is 0 Å². The molecule has 8 nitrogen and oxygen atoms in total. The van der Waals surface area contributed by atoms with Crippen LogP contribution in [0.25, 0.3) is 0 Å². The van der Waals surface area contributed by atoms with Crippen molar-refractivity contribution >= 4 is 49.2 Å². The van der Waals surface area contributed by atoms with Crippen molar-refractivity contribution in [3.8, 4) is 0 Å². The normalized spacial score (nSPS) is 17.5. The van der Waals surface area contributed by atoms with Crippen molar-refractivity contribution in [3.63, 3.8) is 0 Å². The number of hydrogen-bond donors (Lipinski definition) is 2. The van der Waals surface area contributed by atoms with Gasteiger partial charge in [-0.05, 0) is 53.0 Å². The summed E-state index contributed by atoms with van der Waals surface area (Å²) < 4.78 is 44.1. The number of rotatable bonds is 4. The maximum absolute atomic E-state index is 13.9. The lowest BCUT2D eigenvalue weighted by Gasteiger charge is -2.25. The van der Waals surface area contributed by atoms with E-state index in [1.165, 1.54) is 30.7 Å². The quantitative estimate of drug-likeness (QED) is 0.549. The van der Waals surface area contributed by atoms with E-state index in [1.54, 1.807) is 17.9 Å². The second-order valence-electron chi connectivity index (χ2n) is 7.78. The Balaban J connectivity index is 1.95. The first-order valence-corrected chi connectivity index (χ1v) is 12.8. The molecule has 1 aromatic heterocycles. The number of alkyl halides is 2. The van der Waals surface area contributed by atoms with Crippen molar-refractivity contribution in [2.24, 2.45) is 4.36 Å². The highest BCUT2D eigenvalue weighted by atomic mass is 79.9. The highest BCUT2D eigenvalue weighted by molar-refractivity contribution is 9.10. The van der Waals surface area contributed by atoms with Gasteiger partial charge in [-0.1, -0.05) is 6.07 Å². The molecule has 33 heavy (non-hydrogen) atoms. The van der Waals surface area contributed by atoms with E-state index in [9.17, 15) is 22.6 Å². The molecule has 0 radical (unpaired) electrons. The van der Waals surface area contributed by atoms with Crippen LogP contribution in [0.15, 0.2) is 44.2 Å². The molecule has 2 heterocycles. The van der Waals surface area contributed by atoms with Crippen LogP contribution in [0, 0.1) is 6.92 Å². The Labute approximate surface area is 198 Å². The number of aromatic nitrogens is 1. The Bertz CT molecular complexity index is 1210. The van der Waals surface area contributed by atoms with Crippen molar-refractivity contribution in [2.45, 2.75) is 37.0 Å². The molecule has 1 saturated heterocycles. The van der Waals surface area contributed by atoms with E-state index in [-0.39, 0.29) is 42.0 Å². The molecule has 0 saturated carbocycles. The fraction of sp³-hybridized carbons (Fsp3) is 0.381. The number of anilines is 2. The molecule has 178 valence electrons. The van der Waals surface area contributed by atoms with Crippen LogP contribution in [-0.2, 0) is 9.73 Å². The Hall–Kier alpha value is -2.60. The van der Waals surface area contributed by atoms with Crippen molar-refractivity contribution in [2.75, 3.05) is 29.6 Å². The number of carboxylic acid groups (broad SMARTS) is 1. The molecule has 1 unspecified atom stereocenters. The summed E-state index contributed by atoms with van der Waals surface area (Å²) in [5, 5.41) is 11.6. The lowest BCUT2D eigenvalue weighted by atomic mass is 10.1. The Morgan fingerprint density at radius 1 is 1.30 bits per heavy atom. The van der Waals surface area contributed by atoms with Gasteiger partial charge in [0, 0.05) is 53.4 Å². The number of benzene rings is 1. The van der Waals surface area contributed by atoms with E-state index in [0.29, 0.717) is 22.4 Å². The highest BCUT2D eigenvalue weighted by Crippen LogP contribution is 2.33. The van der Waals surface area contributed by atoms with Gasteiger partial charge in [0.15, 0.2) is 0 Å². The predicted octanol–water partition coefficient (Wildman–Crippen LogP) is 5.17. The largest absolute Gasteiger partial charge is 0.463 e. The molecule has 0 spiro atoms. The first-order valence-electron chi connectivity index (χ1n) is 10.0. The third-order valence-corrected chi connectivity index (χ3v) is 7.72. The van der Waals surface area contributed by atoms with Gasteiger partial charge in [0.2, 0.25) is 5.92 Å². The summed E-state index contributed by atoms with van der Waals surface area (Å²) in [6, 6.07) is 5.93. The summed E-state index contributed by atoms with van der Waals surface area (Å²) in [6.07, 6.45) is 0.892. The topological polar surface area (TPSA) is 112 Å². The Morgan fingerprint density at radius 2 is 2.03 bits per heavy atom. The molecule has 2 N–H and O–H groups in total. The number of amides is 2. The molecular weight excluding hydrogens is 522 g/mol. The van der Waals surface area contributed by atoms with Crippen molar-refractivity contribution in [1.29, 1.82) is 0 Å². The molecule has 2 aromatic rings. The van der Waals surface area contributed by atoms with Crippen LogP contribution in [0.4, 0.5) is 25.1 Å². The number of nitrogens with zero attached hydrogens (tertiary/aromatic N) is 3. The summed E-state index contributed by atoms with van der Waals surface area (Å²) in [5.74, 6) is -2.97. The van der Waals surface area contributed by atoms with Crippen LogP contribution in [0.5, 0.6) is 0 Å². The zero-order chi connectivity index (χ0) is 24.4. The Kier molecular flexibility index (Phi) is 7.37. The maximum Gasteiger partial charge on any atom is 0.439 e. The first kappa shape index (κ1) is 25.0. The second kappa shape index (κ2) is 9.72. The molecule has 1 aliphatic rings. The summed E-state index contributed by atoms with van der Waals surface area (Å²) in [5.41, 5.74) is 1.10. The smallest absolute Gasteiger partial charge is 0.439 e. The van der Waals surface area contributed by atoms with Crippen molar-refractivity contribution < 1.29 is 27.7 Å². The fourth-order valence-electron chi connectivity index (χ4n) is 3.56. The second-order valence-corrected chi connectivity index (χ2v) is 10.9. The monoisotopic (exact) mass is 544 g/mol. The zero-order valence-electron chi connectivity index (χ0n) is 18.0. The Morgan fingerprint density at radius 3 is 2.73 bits per heavy atom. The zero-order valence-corrected chi connectivity index (χ0v) is 20.4. The number of nitrogens with one attached hydrogen (secondary N) is 1. The van der Waals surface area contributed by atoms with Crippen LogP contribution in [0.2, 0.25) is 0 Å². The molecule has 0 bridgehead atoms. The van der Waals surface area contributed by atoms with E-state index in [2.05, 4.69) is 30.6 Å². The van der Waals surface area contributed by atoms with Crippen LogP contribution in [0.3, 0.4) is 0 Å². The molecule has 2 amide bonds. The SMILES string of the molecule is Cc1c(Br)cnc(N2CCCC(F)(F)CC2)c1C(=O)Nc1cccc(S(C)(=O)=NC(=O)O)c1. The lowest BCUT2D eigenvalue weighted by molar-refractivity contribution is -0.0102. The third-order valence-electron chi connectivity index (χ3n) is 5.28. The van der Waals surface area contributed by atoms with E-state index >= 15 is 0 Å². The average Bonchev–Trinajstić information content (AvgIpc) is 2.89. The minimum Gasteiger partial charge on any atom is -0.463 e. The first-order chi connectivity index (χ1) is 15.4.